The maximum atomic E-state index is 5.94. The second kappa shape index (κ2) is 4.97. The normalized spacial score (nSPS) is 21.9. The van der Waals surface area contributed by atoms with Crippen molar-refractivity contribution in [2.45, 2.75) is 38.8 Å². The maximum absolute atomic E-state index is 5.94. The van der Waals surface area contributed by atoms with Crippen molar-refractivity contribution in [3.8, 4) is 0 Å². The highest BCUT2D eigenvalue weighted by Gasteiger charge is 2.23. The van der Waals surface area contributed by atoms with Crippen molar-refractivity contribution in [3.63, 3.8) is 0 Å². The van der Waals surface area contributed by atoms with E-state index < -0.39 is 0 Å². The summed E-state index contributed by atoms with van der Waals surface area (Å²) < 4.78 is 7.62. The van der Waals surface area contributed by atoms with E-state index in [1.807, 2.05) is 19.4 Å². The average Bonchev–Trinajstić information content (AvgIpc) is 2.78. The fourth-order valence-corrected chi connectivity index (χ4v) is 2.43. The minimum atomic E-state index is 0.0461. The van der Waals surface area contributed by atoms with Gasteiger partial charge in [0.15, 0.2) is 0 Å². The van der Waals surface area contributed by atoms with Crippen molar-refractivity contribution in [1.82, 2.24) is 9.55 Å². The summed E-state index contributed by atoms with van der Waals surface area (Å²) in [5.41, 5.74) is 7.06. The van der Waals surface area contributed by atoms with Gasteiger partial charge >= 0.3 is 0 Å². The van der Waals surface area contributed by atoms with Gasteiger partial charge in [0.2, 0.25) is 0 Å². The van der Waals surface area contributed by atoms with Crippen LogP contribution >= 0.6 is 0 Å². The Morgan fingerprint density at radius 3 is 2.75 bits per heavy atom. The average molecular weight is 223 g/mol. The Morgan fingerprint density at radius 2 is 2.12 bits per heavy atom. The molecule has 16 heavy (non-hydrogen) atoms. The number of rotatable bonds is 3. The molecule has 0 saturated carbocycles. The molecule has 2 rings (SSSR count). The quantitative estimate of drug-likeness (QED) is 0.851. The zero-order chi connectivity index (χ0) is 11.5. The van der Waals surface area contributed by atoms with Crippen LogP contribution in [0.5, 0.6) is 0 Å². The lowest BCUT2D eigenvalue weighted by molar-refractivity contribution is 0.0509. The third-order valence-corrected chi connectivity index (χ3v) is 3.55. The molecule has 0 radical (unpaired) electrons. The van der Waals surface area contributed by atoms with Gasteiger partial charge in [0, 0.05) is 31.5 Å². The molecule has 2 atom stereocenters. The second-order valence-corrected chi connectivity index (χ2v) is 4.70. The van der Waals surface area contributed by atoms with Gasteiger partial charge < -0.3 is 15.0 Å². The van der Waals surface area contributed by atoms with Gasteiger partial charge in [-0.2, -0.15) is 0 Å². The molecule has 0 aliphatic carbocycles. The minimum Gasteiger partial charge on any atom is -0.381 e. The molecular formula is C12H21N3O. The van der Waals surface area contributed by atoms with Crippen LogP contribution in [0.25, 0.3) is 0 Å². The number of ether oxygens (including phenoxy) is 1. The van der Waals surface area contributed by atoms with E-state index in [-0.39, 0.29) is 6.04 Å². The monoisotopic (exact) mass is 223 g/mol. The van der Waals surface area contributed by atoms with Gasteiger partial charge in [-0.1, -0.05) is 0 Å². The van der Waals surface area contributed by atoms with E-state index in [2.05, 4.69) is 16.5 Å². The fraction of sp³-hybridized carbons (Fsp3) is 0.750. The summed E-state index contributed by atoms with van der Waals surface area (Å²) in [5, 5.41) is 0. The summed E-state index contributed by atoms with van der Waals surface area (Å²) in [6.45, 7) is 6.03. The van der Waals surface area contributed by atoms with Crippen molar-refractivity contribution in [2.75, 3.05) is 13.2 Å². The molecule has 0 spiro atoms. The summed E-state index contributed by atoms with van der Waals surface area (Å²) in [6, 6.07) is 0.511. The number of hydrogen-bond acceptors (Lipinski definition) is 3. The molecule has 4 nitrogen and oxygen atoms in total. The third-order valence-electron chi connectivity index (χ3n) is 3.55. The molecule has 2 heterocycles. The molecule has 0 bridgehead atoms. The third kappa shape index (κ3) is 2.28. The molecule has 1 saturated heterocycles. The summed E-state index contributed by atoms with van der Waals surface area (Å²) in [6.07, 6.45) is 6.05. The number of imidazole rings is 1. The molecule has 1 aromatic heterocycles. The van der Waals surface area contributed by atoms with Crippen LogP contribution in [0.3, 0.4) is 0 Å². The van der Waals surface area contributed by atoms with E-state index in [4.69, 9.17) is 10.5 Å². The van der Waals surface area contributed by atoms with Gasteiger partial charge in [-0.25, -0.2) is 4.98 Å². The summed E-state index contributed by atoms with van der Waals surface area (Å²) in [5.74, 6) is 0.681. The van der Waals surface area contributed by atoms with Crippen LogP contribution < -0.4 is 5.73 Å². The maximum Gasteiger partial charge on any atom is 0.0951 e. The van der Waals surface area contributed by atoms with Gasteiger partial charge in [0.1, 0.15) is 0 Å². The number of aromatic nitrogens is 2. The number of nitrogens with two attached hydrogens (primary N) is 1. The predicted molar refractivity (Wildman–Crippen MR) is 63.1 cm³/mol. The molecule has 1 aromatic rings. The topological polar surface area (TPSA) is 53.1 Å². The van der Waals surface area contributed by atoms with Crippen LogP contribution in [0.2, 0.25) is 0 Å². The second-order valence-electron chi connectivity index (χ2n) is 4.70. The van der Waals surface area contributed by atoms with Crippen LogP contribution in [0.15, 0.2) is 12.5 Å². The first-order valence-electron chi connectivity index (χ1n) is 6.05. The van der Waals surface area contributed by atoms with Crippen LogP contribution in [0, 0.1) is 5.92 Å². The molecule has 2 N–H and O–H groups in total. The van der Waals surface area contributed by atoms with Gasteiger partial charge in [0.25, 0.3) is 0 Å². The molecular weight excluding hydrogens is 202 g/mol. The van der Waals surface area contributed by atoms with Gasteiger partial charge in [-0.05, 0) is 32.6 Å². The first kappa shape index (κ1) is 11.6. The molecule has 4 heteroatoms. The van der Waals surface area contributed by atoms with Gasteiger partial charge in [-0.15, -0.1) is 0 Å². The zero-order valence-electron chi connectivity index (χ0n) is 10.1. The highest BCUT2D eigenvalue weighted by atomic mass is 16.5. The van der Waals surface area contributed by atoms with Crippen molar-refractivity contribution in [3.05, 3.63) is 18.2 Å². The van der Waals surface area contributed by atoms with E-state index in [0.717, 1.165) is 31.7 Å². The lowest BCUT2D eigenvalue weighted by Gasteiger charge is -2.30. The molecule has 0 amide bonds. The Labute approximate surface area is 96.8 Å². The van der Waals surface area contributed by atoms with Crippen molar-refractivity contribution >= 4 is 0 Å². The van der Waals surface area contributed by atoms with Crippen LogP contribution in [0.1, 0.15) is 44.5 Å². The Balaban J connectivity index is 2.12. The Kier molecular flexibility index (Phi) is 3.61. The lowest BCUT2D eigenvalue weighted by Crippen LogP contribution is -2.25. The van der Waals surface area contributed by atoms with Gasteiger partial charge in [0.05, 0.1) is 12.0 Å². The Hall–Kier alpha value is -0.870. The Bertz CT molecular complexity index is 329. The number of nitrogens with zero attached hydrogens (tertiary/aromatic N) is 2. The molecule has 90 valence electrons. The molecule has 0 aromatic carbocycles. The number of hydrogen-bond donors (Lipinski definition) is 1. The first-order chi connectivity index (χ1) is 7.70. The minimum absolute atomic E-state index is 0.0461. The Morgan fingerprint density at radius 1 is 1.44 bits per heavy atom. The fourth-order valence-electron chi connectivity index (χ4n) is 2.43. The van der Waals surface area contributed by atoms with E-state index >= 15 is 0 Å². The SMILES string of the molecule is CC(N)c1cncn1C(C)C1CCOCC1. The van der Waals surface area contributed by atoms with Crippen LogP contribution in [0.4, 0.5) is 0 Å². The molecule has 1 aliphatic rings. The molecule has 1 aliphatic heterocycles. The van der Waals surface area contributed by atoms with Gasteiger partial charge in [-0.3, -0.25) is 0 Å². The molecule has 2 unspecified atom stereocenters. The molecule has 1 fully saturated rings. The van der Waals surface area contributed by atoms with E-state index in [9.17, 15) is 0 Å². The summed E-state index contributed by atoms with van der Waals surface area (Å²) in [7, 11) is 0. The lowest BCUT2D eigenvalue weighted by atomic mass is 9.92. The van der Waals surface area contributed by atoms with E-state index in [0.29, 0.717) is 12.0 Å². The van der Waals surface area contributed by atoms with E-state index in [1.54, 1.807) is 0 Å². The van der Waals surface area contributed by atoms with Crippen molar-refractivity contribution in [1.29, 1.82) is 0 Å². The standard InChI is InChI=1S/C12H21N3O/c1-9(13)12-7-14-8-15(12)10(2)11-3-5-16-6-4-11/h7-11H,3-6,13H2,1-2H3. The summed E-state index contributed by atoms with van der Waals surface area (Å²) >= 11 is 0. The smallest absolute Gasteiger partial charge is 0.0951 e. The van der Waals surface area contributed by atoms with E-state index in [1.165, 1.54) is 0 Å². The largest absolute Gasteiger partial charge is 0.381 e. The van der Waals surface area contributed by atoms with Crippen molar-refractivity contribution in [2.24, 2.45) is 11.7 Å². The zero-order valence-corrected chi connectivity index (χ0v) is 10.1. The van der Waals surface area contributed by atoms with Crippen LogP contribution in [-0.4, -0.2) is 22.8 Å². The first-order valence-corrected chi connectivity index (χ1v) is 6.05. The predicted octanol–water partition coefficient (Wildman–Crippen LogP) is 1.89. The summed E-state index contributed by atoms with van der Waals surface area (Å²) in [4.78, 5) is 4.21. The highest BCUT2D eigenvalue weighted by molar-refractivity contribution is 5.05. The van der Waals surface area contributed by atoms with Crippen molar-refractivity contribution < 1.29 is 4.74 Å². The highest BCUT2D eigenvalue weighted by Crippen LogP contribution is 2.29. The van der Waals surface area contributed by atoms with Crippen LogP contribution in [-0.2, 0) is 4.74 Å².